The van der Waals surface area contributed by atoms with Crippen LogP contribution in [0.1, 0.15) is 44.3 Å². The SMILES string of the molecule is Cc1ccc(Cn2nc(C)c(C(=O)OCc3cc(C)on3)c2C)cc1. The Kier molecular flexibility index (Phi) is 4.70. The number of aryl methyl sites for hydroxylation is 3. The smallest absolute Gasteiger partial charge is 0.342 e. The first-order chi connectivity index (χ1) is 11.9. The van der Waals surface area contributed by atoms with Gasteiger partial charge in [-0.2, -0.15) is 5.10 Å². The molecule has 0 aliphatic heterocycles. The van der Waals surface area contributed by atoms with Crippen molar-refractivity contribution in [3.8, 4) is 0 Å². The van der Waals surface area contributed by atoms with Crippen LogP contribution >= 0.6 is 0 Å². The van der Waals surface area contributed by atoms with Crippen molar-refractivity contribution in [1.29, 1.82) is 0 Å². The molecule has 0 N–H and O–H groups in total. The Bertz CT molecular complexity index is 891. The Morgan fingerprint density at radius 3 is 2.52 bits per heavy atom. The van der Waals surface area contributed by atoms with Crippen LogP contribution < -0.4 is 0 Å². The molecule has 0 saturated carbocycles. The highest BCUT2D eigenvalue weighted by Crippen LogP contribution is 2.17. The van der Waals surface area contributed by atoms with Gasteiger partial charge in [0.25, 0.3) is 0 Å². The van der Waals surface area contributed by atoms with E-state index in [9.17, 15) is 4.79 Å². The quantitative estimate of drug-likeness (QED) is 0.665. The van der Waals surface area contributed by atoms with Gasteiger partial charge in [-0.3, -0.25) is 4.68 Å². The maximum atomic E-state index is 12.4. The molecule has 0 amide bonds. The topological polar surface area (TPSA) is 70.2 Å². The van der Waals surface area contributed by atoms with Crippen molar-refractivity contribution in [2.75, 3.05) is 0 Å². The molecule has 0 atom stereocenters. The number of aromatic nitrogens is 3. The predicted octanol–water partition coefficient (Wildman–Crippen LogP) is 3.51. The number of benzene rings is 1. The summed E-state index contributed by atoms with van der Waals surface area (Å²) in [6.45, 7) is 8.24. The molecular formula is C19H21N3O3. The second kappa shape index (κ2) is 6.93. The second-order valence-corrected chi connectivity index (χ2v) is 6.19. The molecule has 130 valence electrons. The van der Waals surface area contributed by atoms with Crippen molar-refractivity contribution in [3.05, 3.63) is 69.9 Å². The summed E-state index contributed by atoms with van der Waals surface area (Å²) in [6.07, 6.45) is 0. The number of esters is 1. The van der Waals surface area contributed by atoms with E-state index in [4.69, 9.17) is 9.26 Å². The molecule has 3 aromatic rings. The molecule has 0 unspecified atom stereocenters. The number of rotatable bonds is 5. The Balaban J connectivity index is 1.74. The van der Waals surface area contributed by atoms with Gasteiger partial charge in [-0.1, -0.05) is 35.0 Å². The van der Waals surface area contributed by atoms with E-state index in [-0.39, 0.29) is 6.61 Å². The second-order valence-electron chi connectivity index (χ2n) is 6.19. The van der Waals surface area contributed by atoms with Crippen LogP contribution in [0.2, 0.25) is 0 Å². The normalized spacial score (nSPS) is 10.9. The molecule has 2 aromatic heterocycles. The Hall–Kier alpha value is -2.89. The number of hydrogen-bond donors (Lipinski definition) is 0. The fourth-order valence-corrected chi connectivity index (χ4v) is 2.71. The summed E-state index contributed by atoms with van der Waals surface area (Å²) in [6, 6.07) is 10.0. The van der Waals surface area contributed by atoms with Gasteiger partial charge in [-0.15, -0.1) is 0 Å². The molecule has 0 bridgehead atoms. The minimum absolute atomic E-state index is 0.0815. The Morgan fingerprint density at radius 2 is 1.88 bits per heavy atom. The van der Waals surface area contributed by atoms with Gasteiger partial charge in [0, 0.05) is 6.07 Å². The van der Waals surface area contributed by atoms with E-state index >= 15 is 0 Å². The zero-order chi connectivity index (χ0) is 18.0. The van der Waals surface area contributed by atoms with Crippen molar-refractivity contribution in [3.63, 3.8) is 0 Å². The minimum Gasteiger partial charge on any atom is -0.455 e. The number of carbonyl (C=O) groups is 1. The van der Waals surface area contributed by atoms with Crippen LogP contribution in [-0.4, -0.2) is 20.9 Å². The van der Waals surface area contributed by atoms with Gasteiger partial charge in [0.15, 0.2) is 0 Å². The number of hydrogen-bond acceptors (Lipinski definition) is 5. The van der Waals surface area contributed by atoms with E-state index in [1.54, 1.807) is 13.0 Å². The monoisotopic (exact) mass is 339 g/mol. The standard InChI is InChI=1S/C19H21N3O3/c1-12-5-7-16(8-6-12)10-22-15(4)18(14(3)20-22)19(23)24-11-17-9-13(2)25-21-17/h5-9H,10-11H2,1-4H3. The molecule has 0 fully saturated rings. The van der Waals surface area contributed by atoms with Crippen molar-refractivity contribution in [2.24, 2.45) is 0 Å². The molecule has 1 aromatic carbocycles. The first-order valence-electron chi connectivity index (χ1n) is 8.13. The molecule has 6 nitrogen and oxygen atoms in total. The van der Waals surface area contributed by atoms with Gasteiger partial charge in [0.05, 0.1) is 17.9 Å². The van der Waals surface area contributed by atoms with Gasteiger partial charge in [-0.05, 0) is 33.3 Å². The van der Waals surface area contributed by atoms with Gasteiger partial charge in [0.2, 0.25) is 0 Å². The lowest BCUT2D eigenvalue weighted by atomic mass is 10.1. The lowest BCUT2D eigenvalue weighted by molar-refractivity contribution is 0.0462. The third-order valence-electron chi connectivity index (χ3n) is 4.07. The van der Waals surface area contributed by atoms with E-state index in [2.05, 4.69) is 41.4 Å². The van der Waals surface area contributed by atoms with Crippen molar-refractivity contribution < 1.29 is 14.1 Å². The fourth-order valence-electron chi connectivity index (χ4n) is 2.71. The van der Waals surface area contributed by atoms with Gasteiger partial charge >= 0.3 is 5.97 Å². The third-order valence-corrected chi connectivity index (χ3v) is 4.07. The van der Waals surface area contributed by atoms with E-state index in [1.165, 1.54) is 5.56 Å². The minimum atomic E-state index is -0.397. The maximum Gasteiger partial charge on any atom is 0.342 e. The van der Waals surface area contributed by atoms with Crippen LogP contribution in [0.15, 0.2) is 34.9 Å². The lowest BCUT2D eigenvalue weighted by Gasteiger charge is -2.06. The zero-order valence-corrected chi connectivity index (χ0v) is 14.9. The van der Waals surface area contributed by atoms with Crippen LogP contribution in [0.4, 0.5) is 0 Å². The van der Waals surface area contributed by atoms with Crippen LogP contribution in [0.3, 0.4) is 0 Å². The molecule has 0 radical (unpaired) electrons. The summed E-state index contributed by atoms with van der Waals surface area (Å²) in [7, 11) is 0. The van der Waals surface area contributed by atoms with E-state index in [0.717, 1.165) is 11.3 Å². The highest BCUT2D eigenvalue weighted by Gasteiger charge is 2.20. The zero-order valence-electron chi connectivity index (χ0n) is 14.9. The first kappa shape index (κ1) is 17.0. The highest BCUT2D eigenvalue weighted by molar-refractivity contribution is 5.91. The molecular weight excluding hydrogens is 318 g/mol. The van der Waals surface area contributed by atoms with Gasteiger partial charge in [0.1, 0.15) is 23.6 Å². The van der Waals surface area contributed by atoms with E-state index in [1.807, 2.05) is 18.5 Å². The first-order valence-corrected chi connectivity index (χ1v) is 8.13. The molecule has 0 aliphatic rings. The third kappa shape index (κ3) is 3.79. The Labute approximate surface area is 146 Å². The average Bonchev–Trinajstić information content (AvgIpc) is 3.11. The van der Waals surface area contributed by atoms with Crippen LogP contribution in [0.25, 0.3) is 0 Å². The number of ether oxygens (including phenoxy) is 1. The van der Waals surface area contributed by atoms with Crippen LogP contribution in [-0.2, 0) is 17.9 Å². The van der Waals surface area contributed by atoms with Gasteiger partial charge < -0.3 is 9.26 Å². The molecule has 0 spiro atoms. The van der Waals surface area contributed by atoms with Crippen LogP contribution in [0, 0.1) is 27.7 Å². The van der Waals surface area contributed by atoms with Crippen LogP contribution in [0.5, 0.6) is 0 Å². The van der Waals surface area contributed by atoms with Crippen molar-refractivity contribution in [1.82, 2.24) is 14.9 Å². The summed E-state index contributed by atoms with van der Waals surface area (Å²) < 4.78 is 12.2. The largest absolute Gasteiger partial charge is 0.455 e. The van der Waals surface area contributed by atoms with Gasteiger partial charge in [-0.25, -0.2) is 4.79 Å². The van der Waals surface area contributed by atoms with E-state index < -0.39 is 5.97 Å². The summed E-state index contributed by atoms with van der Waals surface area (Å²) in [5, 5.41) is 8.31. The summed E-state index contributed by atoms with van der Waals surface area (Å²) in [5.41, 5.74) is 4.89. The molecule has 2 heterocycles. The average molecular weight is 339 g/mol. The van der Waals surface area contributed by atoms with Crippen molar-refractivity contribution >= 4 is 5.97 Å². The molecule has 6 heteroatoms. The summed E-state index contributed by atoms with van der Waals surface area (Å²) in [5.74, 6) is 0.287. The van der Waals surface area contributed by atoms with Crippen molar-refractivity contribution in [2.45, 2.75) is 40.8 Å². The highest BCUT2D eigenvalue weighted by atomic mass is 16.5. The summed E-state index contributed by atoms with van der Waals surface area (Å²) >= 11 is 0. The Morgan fingerprint density at radius 1 is 1.16 bits per heavy atom. The molecule has 3 rings (SSSR count). The summed E-state index contributed by atoms with van der Waals surface area (Å²) in [4.78, 5) is 12.4. The number of nitrogens with zero attached hydrogens (tertiary/aromatic N) is 3. The molecule has 0 saturated heterocycles. The number of carbonyl (C=O) groups excluding carboxylic acids is 1. The fraction of sp³-hybridized carbons (Fsp3) is 0.316. The lowest BCUT2D eigenvalue weighted by Crippen LogP contribution is -2.09. The maximum absolute atomic E-state index is 12.4. The van der Waals surface area contributed by atoms with E-state index in [0.29, 0.717) is 29.3 Å². The molecule has 25 heavy (non-hydrogen) atoms. The predicted molar refractivity (Wildman–Crippen MR) is 92.3 cm³/mol. The molecule has 0 aliphatic carbocycles.